The number of rotatable bonds is 2. The van der Waals surface area contributed by atoms with Crippen molar-refractivity contribution in [2.75, 3.05) is 6.54 Å². The molecule has 86 valence electrons. The van der Waals surface area contributed by atoms with Crippen molar-refractivity contribution in [3.63, 3.8) is 0 Å². The zero-order valence-corrected chi connectivity index (χ0v) is 9.24. The summed E-state index contributed by atoms with van der Waals surface area (Å²) in [4.78, 5) is 11.0. The number of carboxylic acid groups (broad SMARTS) is 1. The van der Waals surface area contributed by atoms with Crippen molar-refractivity contribution >= 4 is 17.6 Å². The Bertz CT molecular complexity index is 422. The summed E-state index contributed by atoms with van der Waals surface area (Å²) in [6.45, 7) is 0.643. The standard InChI is InChI=1S/C11H12ClNO3/c12-6-1-2-7(9(14)5-6)10-8(11(15)16)3-4-13-10/h1-2,5,8,10,13-14H,3-4H2,(H,15,16). The van der Waals surface area contributed by atoms with Crippen molar-refractivity contribution in [1.82, 2.24) is 5.32 Å². The zero-order valence-electron chi connectivity index (χ0n) is 8.48. The van der Waals surface area contributed by atoms with Crippen LogP contribution in [0.4, 0.5) is 0 Å². The van der Waals surface area contributed by atoms with E-state index in [-0.39, 0.29) is 11.8 Å². The Kier molecular flexibility index (Phi) is 3.03. The molecule has 16 heavy (non-hydrogen) atoms. The van der Waals surface area contributed by atoms with Crippen LogP contribution in [-0.4, -0.2) is 22.7 Å². The lowest BCUT2D eigenvalue weighted by Crippen LogP contribution is -2.23. The van der Waals surface area contributed by atoms with Crippen molar-refractivity contribution < 1.29 is 15.0 Å². The molecular formula is C11H12ClNO3. The van der Waals surface area contributed by atoms with Crippen LogP contribution < -0.4 is 5.32 Å². The van der Waals surface area contributed by atoms with E-state index in [0.717, 1.165) is 0 Å². The van der Waals surface area contributed by atoms with Gasteiger partial charge < -0.3 is 15.5 Å². The number of halogens is 1. The van der Waals surface area contributed by atoms with E-state index in [2.05, 4.69) is 5.32 Å². The molecule has 1 heterocycles. The Morgan fingerprint density at radius 2 is 2.25 bits per heavy atom. The fourth-order valence-corrected chi connectivity index (χ4v) is 2.24. The highest BCUT2D eigenvalue weighted by Gasteiger charge is 2.34. The first-order chi connectivity index (χ1) is 7.59. The molecule has 0 bridgehead atoms. The van der Waals surface area contributed by atoms with Crippen molar-refractivity contribution in [3.8, 4) is 5.75 Å². The molecule has 0 aromatic heterocycles. The van der Waals surface area contributed by atoms with Gasteiger partial charge in [-0.1, -0.05) is 17.7 Å². The topological polar surface area (TPSA) is 69.6 Å². The number of carbonyl (C=O) groups is 1. The van der Waals surface area contributed by atoms with Gasteiger partial charge in [0.25, 0.3) is 0 Å². The molecule has 0 spiro atoms. The van der Waals surface area contributed by atoms with Gasteiger partial charge in [-0.05, 0) is 25.1 Å². The summed E-state index contributed by atoms with van der Waals surface area (Å²) in [5.41, 5.74) is 0.592. The zero-order chi connectivity index (χ0) is 11.7. The highest BCUT2D eigenvalue weighted by Crippen LogP contribution is 2.35. The fraction of sp³-hybridized carbons (Fsp3) is 0.364. The maximum Gasteiger partial charge on any atom is 0.308 e. The number of aromatic hydroxyl groups is 1. The molecule has 0 aliphatic carbocycles. The predicted molar refractivity (Wildman–Crippen MR) is 59.6 cm³/mol. The molecule has 2 atom stereocenters. The summed E-state index contributed by atoms with van der Waals surface area (Å²) >= 11 is 5.73. The molecule has 2 rings (SSSR count). The molecule has 1 aromatic rings. The van der Waals surface area contributed by atoms with Crippen LogP contribution in [0.2, 0.25) is 5.02 Å². The summed E-state index contributed by atoms with van der Waals surface area (Å²) < 4.78 is 0. The second-order valence-corrected chi connectivity index (χ2v) is 4.30. The number of aliphatic carboxylic acids is 1. The van der Waals surface area contributed by atoms with Gasteiger partial charge in [0.2, 0.25) is 0 Å². The van der Waals surface area contributed by atoms with Crippen molar-refractivity contribution in [1.29, 1.82) is 0 Å². The predicted octanol–water partition coefficient (Wildman–Crippen LogP) is 1.78. The van der Waals surface area contributed by atoms with E-state index in [9.17, 15) is 9.90 Å². The number of nitrogens with one attached hydrogen (secondary N) is 1. The lowest BCUT2D eigenvalue weighted by Gasteiger charge is -2.17. The quantitative estimate of drug-likeness (QED) is 0.738. The highest BCUT2D eigenvalue weighted by molar-refractivity contribution is 6.30. The van der Waals surface area contributed by atoms with E-state index in [1.165, 1.54) is 6.07 Å². The van der Waals surface area contributed by atoms with Crippen molar-refractivity contribution in [2.24, 2.45) is 5.92 Å². The van der Waals surface area contributed by atoms with Crippen molar-refractivity contribution in [2.45, 2.75) is 12.5 Å². The summed E-state index contributed by atoms with van der Waals surface area (Å²) in [6, 6.07) is 4.40. The van der Waals surface area contributed by atoms with Crippen LogP contribution >= 0.6 is 11.6 Å². The number of phenols is 1. The van der Waals surface area contributed by atoms with Gasteiger partial charge in [-0.2, -0.15) is 0 Å². The average Bonchev–Trinajstić information content (AvgIpc) is 2.66. The number of benzene rings is 1. The van der Waals surface area contributed by atoms with Gasteiger partial charge in [0.1, 0.15) is 5.75 Å². The third-order valence-electron chi connectivity index (χ3n) is 2.87. The fourth-order valence-electron chi connectivity index (χ4n) is 2.08. The molecule has 0 saturated carbocycles. The molecule has 4 nitrogen and oxygen atoms in total. The van der Waals surface area contributed by atoms with Crippen LogP contribution in [0.25, 0.3) is 0 Å². The second-order valence-electron chi connectivity index (χ2n) is 3.87. The first-order valence-corrected chi connectivity index (χ1v) is 5.42. The largest absolute Gasteiger partial charge is 0.508 e. The Labute approximate surface area is 97.9 Å². The van der Waals surface area contributed by atoms with E-state index >= 15 is 0 Å². The minimum absolute atomic E-state index is 0.0400. The first kappa shape index (κ1) is 11.2. The highest BCUT2D eigenvalue weighted by atomic mass is 35.5. The summed E-state index contributed by atoms with van der Waals surface area (Å²) in [5, 5.41) is 22.3. The minimum atomic E-state index is -0.843. The summed E-state index contributed by atoms with van der Waals surface area (Å²) in [7, 11) is 0. The van der Waals surface area contributed by atoms with Crippen LogP contribution in [0.5, 0.6) is 5.75 Å². The first-order valence-electron chi connectivity index (χ1n) is 5.04. The molecule has 0 amide bonds. The maximum absolute atomic E-state index is 11.0. The summed E-state index contributed by atoms with van der Waals surface area (Å²) in [5.74, 6) is -1.30. The van der Waals surface area contributed by atoms with E-state index in [0.29, 0.717) is 23.6 Å². The van der Waals surface area contributed by atoms with Gasteiger partial charge in [0.05, 0.1) is 5.92 Å². The lowest BCUT2D eigenvalue weighted by molar-refractivity contribution is -0.142. The van der Waals surface area contributed by atoms with Crippen LogP contribution in [0.3, 0.4) is 0 Å². The number of phenolic OH excluding ortho intramolecular Hbond substituents is 1. The molecule has 3 N–H and O–H groups in total. The van der Waals surface area contributed by atoms with Crippen molar-refractivity contribution in [3.05, 3.63) is 28.8 Å². The van der Waals surface area contributed by atoms with E-state index < -0.39 is 11.9 Å². The molecule has 2 unspecified atom stereocenters. The molecule has 1 saturated heterocycles. The number of hydrogen-bond donors (Lipinski definition) is 3. The van der Waals surface area contributed by atoms with Gasteiger partial charge in [-0.25, -0.2) is 0 Å². The van der Waals surface area contributed by atoms with Gasteiger partial charge in [0, 0.05) is 16.6 Å². The van der Waals surface area contributed by atoms with E-state index in [1.807, 2.05) is 0 Å². The Balaban J connectivity index is 2.32. The molecule has 1 aliphatic heterocycles. The Morgan fingerprint density at radius 1 is 1.50 bits per heavy atom. The second kappa shape index (κ2) is 4.31. The number of hydrogen-bond acceptors (Lipinski definition) is 3. The normalized spacial score (nSPS) is 24.6. The van der Waals surface area contributed by atoms with Crippen LogP contribution in [0.15, 0.2) is 18.2 Å². The lowest BCUT2D eigenvalue weighted by atomic mass is 9.94. The smallest absolute Gasteiger partial charge is 0.308 e. The molecule has 1 fully saturated rings. The Hall–Kier alpha value is -1.26. The third-order valence-corrected chi connectivity index (χ3v) is 3.10. The van der Waals surface area contributed by atoms with Gasteiger partial charge in [-0.15, -0.1) is 0 Å². The van der Waals surface area contributed by atoms with E-state index in [1.54, 1.807) is 12.1 Å². The van der Waals surface area contributed by atoms with Gasteiger partial charge in [-0.3, -0.25) is 4.79 Å². The molecule has 1 aliphatic rings. The monoisotopic (exact) mass is 241 g/mol. The molecule has 0 radical (unpaired) electrons. The number of carboxylic acids is 1. The van der Waals surface area contributed by atoms with Crippen LogP contribution in [0.1, 0.15) is 18.0 Å². The molecular weight excluding hydrogens is 230 g/mol. The molecule has 5 heteroatoms. The SMILES string of the molecule is O=C(O)C1CCNC1c1ccc(Cl)cc1O. The van der Waals surface area contributed by atoms with Crippen LogP contribution in [-0.2, 0) is 4.79 Å². The minimum Gasteiger partial charge on any atom is -0.508 e. The Morgan fingerprint density at radius 3 is 2.88 bits per heavy atom. The molecule has 1 aromatic carbocycles. The van der Waals surface area contributed by atoms with E-state index in [4.69, 9.17) is 16.7 Å². The average molecular weight is 242 g/mol. The van der Waals surface area contributed by atoms with Gasteiger partial charge in [0.15, 0.2) is 0 Å². The third kappa shape index (κ3) is 1.99. The maximum atomic E-state index is 11.0. The van der Waals surface area contributed by atoms with Crippen LogP contribution in [0, 0.1) is 5.92 Å². The van der Waals surface area contributed by atoms with Gasteiger partial charge >= 0.3 is 5.97 Å². The summed E-state index contributed by atoms with van der Waals surface area (Å²) in [6.07, 6.45) is 0.571.